The Balaban J connectivity index is 3.17. The molecule has 0 saturated carbocycles. The number of unbranched alkanes of at least 4 members (excludes halogenated alkanes) is 3. The molecule has 0 bridgehead atoms. The van der Waals surface area contributed by atoms with Crippen molar-refractivity contribution in [3.8, 4) is 0 Å². The van der Waals surface area contributed by atoms with E-state index in [1.165, 1.54) is 25.7 Å². The van der Waals surface area contributed by atoms with Gasteiger partial charge in [0.15, 0.2) is 0 Å². The third-order valence-electron chi connectivity index (χ3n) is 2.30. The van der Waals surface area contributed by atoms with E-state index in [9.17, 15) is 0 Å². The Morgan fingerprint density at radius 1 is 1.15 bits per heavy atom. The van der Waals surface area contributed by atoms with E-state index >= 15 is 0 Å². The van der Waals surface area contributed by atoms with E-state index in [1.807, 2.05) is 0 Å². The number of ether oxygens (including phenoxy) is 1. The van der Waals surface area contributed by atoms with Crippen LogP contribution in [0.4, 0.5) is 0 Å². The predicted molar refractivity (Wildman–Crippen MR) is 57.8 cm³/mol. The van der Waals surface area contributed by atoms with Gasteiger partial charge >= 0.3 is 0 Å². The monoisotopic (exact) mass is 187 g/mol. The van der Waals surface area contributed by atoms with Crippen LogP contribution in [0.3, 0.4) is 0 Å². The molecule has 1 atom stereocenters. The van der Waals surface area contributed by atoms with Crippen molar-refractivity contribution >= 4 is 0 Å². The van der Waals surface area contributed by atoms with Crippen LogP contribution in [0.25, 0.3) is 0 Å². The van der Waals surface area contributed by atoms with Gasteiger partial charge in [-0.2, -0.15) is 0 Å². The molecule has 0 aliphatic carbocycles. The highest BCUT2D eigenvalue weighted by molar-refractivity contribution is 4.55. The van der Waals surface area contributed by atoms with Crippen molar-refractivity contribution in [3.05, 3.63) is 0 Å². The van der Waals surface area contributed by atoms with Crippen molar-refractivity contribution in [2.24, 2.45) is 5.73 Å². The summed E-state index contributed by atoms with van der Waals surface area (Å²) in [5.41, 5.74) is 5.48. The van der Waals surface area contributed by atoms with Crippen LogP contribution >= 0.6 is 0 Å². The lowest BCUT2D eigenvalue weighted by molar-refractivity contribution is 0.0441. The summed E-state index contributed by atoms with van der Waals surface area (Å²) in [6, 6.07) is 0. The summed E-state index contributed by atoms with van der Waals surface area (Å²) in [4.78, 5) is 0. The standard InChI is InChI=1S/C11H25NO/c1-3-5-6-7-10-13-11(4-2)8-9-12/h11H,3-10,12H2,1-2H3. The Morgan fingerprint density at radius 2 is 1.92 bits per heavy atom. The predicted octanol–water partition coefficient (Wildman–Crippen LogP) is 2.71. The maximum absolute atomic E-state index is 5.70. The van der Waals surface area contributed by atoms with E-state index < -0.39 is 0 Å². The van der Waals surface area contributed by atoms with E-state index in [2.05, 4.69) is 13.8 Å². The van der Waals surface area contributed by atoms with Gasteiger partial charge in [-0.05, 0) is 25.8 Å². The third-order valence-corrected chi connectivity index (χ3v) is 2.30. The lowest BCUT2D eigenvalue weighted by Crippen LogP contribution is -2.17. The molecular formula is C11H25NO. The zero-order valence-electron chi connectivity index (χ0n) is 9.22. The van der Waals surface area contributed by atoms with Gasteiger partial charge in [0.1, 0.15) is 0 Å². The number of hydrogen-bond acceptors (Lipinski definition) is 2. The van der Waals surface area contributed by atoms with Crippen LogP contribution in [0.15, 0.2) is 0 Å². The molecule has 0 fully saturated rings. The molecule has 80 valence electrons. The largest absolute Gasteiger partial charge is 0.378 e. The maximum atomic E-state index is 5.70. The van der Waals surface area contributed by atoms with Gasteiger partial charge in [-0.15, -0.1) is 0 Å². The smallest absolute Gasteiger partial charge is 0.0584 e. The lowest BCUT2D eigenvalue weighted by atomic mass is 10.2. The summed E-state index contributed by atoms with van der Waals surface area (Å²) in [6.07, 6.45) is 7.61. The molecule has 0 aliphatic rings. The first-order chi connectivity index (χ1) is 6.35. The first kappa shape index (κ1) is 12.9. The second kappa shape index (κ2) is 10.0. The minimum absolute atomic E-state index is 0.395. The van der Waals surface area contributed by atoms with Gasteiger partial charge in [0, 0.05) is 6.61 Å². The van der Waals surface area contributed by atoms with Crippen molar-refractivity contribution in [1.82, 2.24) is 0 Å². The van der Waals surface area contributed by atoms with E-state index in [0.717, 1.165) is 26.0 Å². The van der Waals surface area contributed by atoms with Crippen LogP contribution in [-0.4, -0.2) is 19.3 Å². The topological polar surface area (TPSA) is 35.2 Å². The first-order valence-electron chi connectivity index (χ1n) is 5.66. The molecule has 2 nitrogen and oxygen atoms in total. The molecule has 13 heavy (non-hydrogen) atoms. The van der Waals surface area contributed by atoms with Gasteiger partial charge in [0.25, 0.3) is 0 Å². The summed E-state index contributed by atoms with van der Waals surface area (Å²) >= 11 is 0. The first-order valence-corrected chi connectivity index (χ1v) is 5.66. The van der Waals surface area contributed by atoms with Crippen molar-refractivity contribution in [2.45, 2.75) is 58.5 Å². The maximum Gasteiger partial charge on any atom is 0.0584 e. The molecule has 0 aliphatic heterocycles. The second-order valence-electron chi connectivity index (χ2n) is 3.54. The Labute approximate surface area is 82.8 Å². The fourth-order valence-corrected chi connectivity index (χ4v) is 1.37. The summed E-state index contributed by atoms with van der Waals surface area (Å²) in [5.74, 6) is 0. The SMILES string of the molecule is CCCCCCOC(CC)CCN. The number of hydrogen-bond donors (Lipinski definition) is 1. The fourth-order valence-electron chi connectivity index (χ4n) is 1.37. The van der Waals surface area contributed by atoms with Gasteiger partial charge in [0.2, 0.25) is 0 Å². The van der Waals surface area contributed by atoms with Crippen LogP contribution < -0.4 is 5.73 Å². The minimum atomic E-state index is 0.395. The van der Waals surface area contributed by atoms with Gasteiger partial charge in [-0.3, -0.25) is 0 Å². The van der Waals surface area contributed by atoms with E-state index in [0.29, 0.717) is 6.10 Å². The number of rotatable bonds is 9. The molecule has 0 radical (unpaired) electrons. The fraction of sp³-hybridized carbons (Fsp3) is 1.00. The van der Waals surface area contributed by atoms with E-state index in [1.54, 1.807) is 0 Å². The molecule has 0 heterocycles. The Morgan fingerprint density at radius 3 is 2.46 bits per heavy atom. The van der Waals surface area contributed by atoms with Crippen molar-refractivity contribution < 1.29 is 4.74 Å². The molecule has 0 amide bonds. The van der Waals surface area contributed by atoms with E-state index in [4.69, 9.17) is 10.5 Å². The summed E-state index contributed by atoms with van der Waals surface area (Å²) in [5, 5.41) is 0. The third kappa shape index (κ3) is 8.26. The van der Waals surface area contributed by atoms with Gasteiger partial charge in [-0.1, -0.05) is 33.1 Å². The average Bonchev–Trinajstić information content (AvgIpc) is 2.16. The highest BCUT2D eigenvalue weighted by Gasteiger charge is 2.03. The molecule has 0 aromatic rings. The number of nitrogens with two attached hydrogens (primary N) is 1. The average molecular weight is 187 g/mol. The quantitative estimate of drug-likeness (QED) is 0.563. The van der Waals surface area contributed by atoms with Crippen LogP contribution in [0.2, 0.25) is 0 Å². The highest BCUT2D eigenvalue weighted by Crippen LogP contribution is 2.05. The Bertz CT molecular complexity index is 96.1. The molecular weight excluding hydrogens is 162 g/mol. The molecule has 2 N–H and O–H groups in total. The highest BCUT2D eigenvalue weighted by atomic mass is 16.5. The normalized spacial score (nSPS) is 13.2. The van der Waals surface area contributed by atoms with Crippen molar-refractivity contribution in [2.75, 3.05) is 13.2 Å². The zero-order valence-corrected chi connectivity index (χ0v) is 9.22. The van der Waals surface area contributed by atoms with Gasteiger partial charge in [0.05, 0.1) is 6.10 Å². The summed E-state index contributed by atoms with van der Waals surface area (Å²) in [7, 11) is 0. The van der Waals surface area contributed by atoms with Gasteiger partial charge < -0.3 is 10.5 Å². The van der Waals surface area contributed by atoms with Crippen molar-refractivity contribution in [1.29, 1.82) is 0 Å². The molecule has 0 aromatic heterocycles. The zero-order chi connectivity index (χ0) is 9.94. The molecule has 2 heteroatoms. The van der Waals surface area contributed by atoms with Crippen molar-refractivity contribution in [3.63, 3.8) is 0 Å². The minimum Gasteiger partial charge on any atom is -0.378 e. The van der Waals surface area contributed by atoms with Gasteiger partial charge in [-0.25, -0.2) is 0 Å². The Hall–Kier alpha value is -0.0800. The van der Waals surface area contributed by atoms with Crippen LogP contribution in [0, 0.1) is 0 Å². The molecule has 0 spiro atoms. The van der Waals surface area contributed by atoms with E-state index in [-0.39, 0.29) is 0 Å². The Kier molecular flexibility index (Phi) is 9.94. The van der Waals surface area contributed by atoms with Crippen LogP contribution in [0.1, 0.15) is 52.4 Å². The van der Waals surface area contributed by atoms with Crippen LogP contribution in [-0.2, 0) is 4.74 Å². The summed E-state index contributed by atoms with van der Waals surface area (Å²) < 4.78 is 5.70. The summed E-state index contributed by atoms with van der Waals surface area (Å²) in [6.45, 7) is 6.04. The van der Waals surface area contributed by atoms with Crippen LogP contribution in [0.5, 0.6) is 0 Å². The molecule has 1 unspecified atom stereocenters. The molecule has 0 saturated heterocycles. The molecule has 0 rings (SSSR count). The second-order valence-corrected chi connectivity index (χ2v) is 3.54. The lowest BCUT2D eigenvalue weighted by Gasteiger charge is -2.14. The molecule has 0 aromatic carbocycles.